The van der Waals surface area contributed by atoms with Crippen LogP contribution in [0, 0.1) is 5.92 Å². The number of amides is 1. The van der Waals surface area contributed by atoms with Crippen LogP contribution in [-0.2, 0) is 25.6 Å². The van der Waals surface area contributed by atoms with E-state index in [1.54, 1.807) is 42.2 Å². The molecule has 0 spiro atoms. The number of piperidine rings is 1. The van der Waals surface area contributed by atoms with Crippen molar-refractivity contribution in [3.05, 3.63) is 54.9 Å². The topological polar surface area (TPSA) is 94.9 Å². The number of likely N-dealkylation sites (tertiary alicyclic amines) is 1. The molecule has 1 aromatic carbocycles. The van der Waals surface area contributed by atoms with Gasteiger partial charge in [-0.25, -0.2) is 9.59 Å². The molecule has 33 heavy (non-hydrogen) atoms. The average molecular weight is 473 g/mol. The maximum atomic E-state index is 13.2. The Labute approximate surface area is 195 Å². The second kappa shape index (κ2) is 11.1. The van der Waals surface area contributed by atoms with Crippen molar-refractivity contribution < 1.29 is 23.9 Å². The Morgan fingerprint density at radius 1 is 1.15 bits per heavy atom. The van der Waals surface area contributed by atoms with Gasteiger partial charge in [0.15, 0.2) is 0 Å². The predicted molar refractivity (Wildman–Crippen MR) is 125 cm³/mol. The Balaban J connectivity index is 1.97. The number of hydrogen-bond acceptors (Lipinski definition) is 7. The monoisotopic (exact) mass is 472 g/mol. The number of ether oxygens (including phenoxy) is 2. The fraction of sp³-hybridized carbons (Fsp3) is 0.417. The van der Waals surface area contributed by atoms with E-state index in [0.717, 1.165) is 24.2 Å². The summed E-state index contributed by atoms with van der Waals surface area (Å²) in [5, 5.41) is 0. The summed E-state index contributed by atoms with van der Waals surface area (Å²) in [4.78, 5) is 51.5. The lowest BCUT2D eigenvalue weighted by Gasteiger charge is -2.30. The van der Waals surface area contributed by atoms with E-state index in [4.69, 9.17) is 9.47 Å². The molecule has 0 N–H and O–H groups in total. The van der Waals surface area contributed by atoms with Gasteiger partial charge in [-0.3, -0.25) is 14.2 Å². The van der Waals surface area contributed by atoms with Crippen LogP contribution >= 0.6 is 11.3 Å². The number of aromatic nitrogens is 1. The van der Waals surface area contributed by atoms with Crippen LogP contribution in [0.1, 0.15) is 42.6 Å². The average Bonchev–Trinajstić information content (AvgIpc) is 3.08. The van der Waals surface area contributed by atoms with E-state index in [1.165, 1.54) is 17.8 Å². The Hall–Kier alpha value is -3.20. The second-order valence-electron chi connectivity index (χ2n) is 7.91. The van der Waals surface area contributed by atoms with Gasteiger partial charge < -0.3 is 14.4 Å². The van der Waals surface area contributed by atoms with Crippen molar-refractivity contribution in [1.82, 2.24) is 9.47 Å². The van der Waals surface area contributed by atoms with Gasteiger partial charge in [0.2, 0.25) is 5.91 Å². The number of thiazole rings is 1. The summed E-state index contributed by atoms with van der Waals surface area (Å²) in [5.41, 5.74) is 0.745. The zero-order chi connectivity index (χ0) is 24.0. The van der Waals surface area contributed by atoms with Crippen molar-refractivity contribution in [3.63, 3.8) is 0 Å². The zero-order valence-corrected chi connectivity index (χ0v) is 19.9. The van der Waals surface area contributed by atoms with Gasteiger partial charge in [-0.1, -0.05) is 19.1 Å². The smallest absolute Gasteiger partial charge is 0.337 e. The van der Waals surface area contributed by atoms with Crippen molar-refractivity contribution in [3.8, 4) is 0 Å². The molecule has 8 nitrogen and oxygen atoms in total. The highest BCUT2D eigenvalue weighted by Crippen LogP contribution is 2.16. The first-order valence-electron chi connectivity index (χ1n) is 10.9. The summed E-state index contributed by atoms with van der Waals surface area (Å²) in [5.74, 6) is -0.579. The number of rotatable bonds is 6. The number of benzene rings is 1. The first kappa shape index (κ1) is 24.4. The number of hydrogen-bond donors (Lipinski definition) is 0. The molecule has 0 unspecified atom stereocenters. The van der Waals surface area contributed by atoms with E-state index < -0.39 is 11.9 Å². The quantitative estimate of drug-likeness (QED) is 0.585. The van der Waals surface area contributed by atoms with Crippen molar-refractivity contribution in [2.75, 3.05) is 26.8 Å². The van der Waals surface area contributed by atoms with Crippen LogP contribution in [0.25, 0.3) is 12.2 Å². The third kappa shape index (κ3) is 6.19. The summed E-state index contributed by atoms with van der Waals surface area (Å²) < 4.78 is 11.8. The molecule has 0 bridgehead atoms. The minimum Gasteiger partial charge on any atom is -0.465 e. The SMILES string of the molecule is CCOC(=O)/C=c1\s/c(=C\c2ccc(C(=O)OC)cc2)c(=O)n1CC(=O)N1CCC(C)CC1. The van der Waals surface area contributed by atoms with E-state index in [9.17, 15) is 19.2 Å². The minimum atomic E-state index is -0.569. The molecule has 1 aromatic heterocycles. The van der Waals surface area contributed by atoms with E-state index in [1.807, 2.05) is 0 Å². The fourth-order valence-corrected chi connectivity index (χ4v) is 4.59. The maximum absolute atomic E-state index is 13.2. The van der Waals surface area contributed by atoms with Crippen LogP contribution in [0.5, 0.6) is 0 Å². The number of nitrogens with zero attached hydrogens (tertiary/aromatic N) is 2. The van der Waals surface area contributed by atoms with E-state index >= 15 is 0 Å². The Bertz CT molecular complexity index is 1190. The van der Waals surface area contributed by atoms with Gasteiger partial charge in [-0.2, -0.15) is 0 Å². The largest absolute Gasteiger partial charge is 0.465 e. The van der Waals surface area contributed by atoms with Crippen LogP contribution in [0.2, 0.25) is 0 Å². The lowest BCUT2D eigenvalue weighted by Crippen LogP contribution is -2.43. The van der Waals surface area contributed by atoms with Gasteiger partial charge in [-0.15, -0.1) is 11.3 Å². The van der Waals surface area contributed by atoms with E-state index in [-0.39, 0.29) is 24.6 Å². The highest BCUT2D eigenvalue weighted by molar-refractivity contribution is 7.07. The van der Waals surface area contributed by atoms with Gasteiger partial charge >= 0.3 is 11.9 Å². The number of carbonyl (C=O) groups is 3. The Morgan fingerprint density at radius 2 is 1.82 bits per heavy atom. The summed E-state index contributed by atoms with van der Waals surface area (Å²) in [6, 6.07) is 6.61. The highest BCUT2D eigenvalue weighted by Gasteiger charge is 2.21. The zero-order valence-electron chi connectivity index (χ0n) is 19.0. The van der Waals surface area contributed by atoms with Crippen molar-refractivity contribution in [2.45, 2.75) is 33.2 Å². The third-order valence-corrected chi connectivity index (χ3v) is 6.58. The van der Waals surface area contributed by atoms with Crippen molar-refractivity contribution in [1.29, 1.82) is 0 Å². The molecule has 3 rings (SSSR count). The van der Waals surface area contributed by atoms with Crippen LogP contribution in [0.3, 0.4) is 0 Å². The summed E-state index contributed by atoms with van der Waals surface area (Å²) in [6.45, 7) is 5.27. The highest BCUT2D eigenvalue weighted by atomic mass is 32.1. The molecule has 0 atom stereocenters. The van der Waals surface area contributed by atoms with Gasteiger partial charge in [0, 0.05) is 13.1 Å². The Kier molecular flexibility index (Phi) is 8.21. The molecular formula is C24H28N2O6S. The Morgan fingerprint density at radius 3 is 2.42 bits per heavy atom. The van der Waals surface area contributed by atoms with Crippen molar-refractivity contribution in [2.24, 2.45) is 5.92 Å². The van der Waals surface area contributed by atoms with E-state index in [2.05, 4.69) is 6.92 Å². The first-order chi connectivity index (χ1) is 15.8. The lowest BCUT2D eigenvalue weighted by molar-refractivity contribution is -0.136. The molecule has 176 valence electrons. The number of carbonyl (C=O) groups excluding carboxylic acids is 3. The maximum Gasteiger partial charge on any atom is 0.337 e. The fourth-order valence-electron chi connectivity index (χ4n) is 3.56. The third-order valence-electron chi connectivity index (χ3n) is 5.52. The molecule has 0 radical (unpaired) electrons. The molecule has 0 saturated carbocycles. The molecule has 2 heterocycles. The molecular weight excluding hydrogens is 444 g/mol. The van der Waals surface area contributed by atoms with E-state index in [0.29, 0.717) is 39.3 Å². The van der Waals surface area contributed by atoms with Gasteiger partial charge in [-0.05, 0) is 49.5 Å². The standard InChI is InChI=1S/C24H28N2O6S/c1-4-32-22(28)14-21-26(15-20(27)25-11-9-16(2)10-12-25)23(29)19(33-21)13-17-5-7-18(8-6-17)24(30)31-3/h5-8,13-14,16H,4,9-12,15H2,1-3H3/b19-13-,21-14-. The van der Waals surface area contributed by atoms with Crippen molar-refractivity contribution >= 4 is 41.3 Å². The normalized spacial score (nSPS) is 15.5. The van der Waals surface area contributed by atoms with Crippen LogP contribution < -0.4 is 14.8 Å². The summed E-state index contributed by atoms with van der Waals surface area (Å²) >= 11 is 1.12. The predicted octanol–water partition coefficient (Wildman–Crippen LogP) is 1.13. The molecule has 1 aliphatic heterocycles. The number of esters is 2. The van der Waals surface area contributed by atoms with Crippen LogP contribution in [-0.4, -0.2) is 54.1 Å². The van der Waals surface area contributed by atoms with Crippen LogP contribution in [0.4, 0.5) is 0 Å². The summed E-state index contributed by atoms with van der Waals surface area (Å²) in [6.07, 6.45) is 4.79. The molecule has 1 saturated heterocycles. The number of methoxy groups -OCH3 is 1. The molecule has 1 amide bonds. The lowest BCUT2D eigenvalue weighted by atomic mass is 9.99. The molecule has 1 aliphatic rings. The molecule has 1 fully saturated rings. The van der Waals surface area contributed by atoms with Gasteiger partial charge in [0.25, 0.3) is 5.56 Å². The first-order valence-corrected chi connectivity index (χ1v) is 11.7. The molecule has 9 heteroatoms. The molecule has 2 aromatic rings. The van der Waals surface area contributed by atoms with Crippen LogP contribution in [0.15, 0.2) is 29.1 Å². The second-order valence-corrected chi connectivity index (χ2v) is 8.98. The molecule has 0 aliphatic carbocycles. The van der Waals surface area contributed by atoms with Gasteiger partial charge in [0.1, 0.15) is 11.2 Å². The summed E-state index contributed by atoms with van der Waals surface area (Å²) in [7, 11) is 1.31. The van der Waals surface area contributed by atoms with Gasteiger partial charge in [0.05, 0.1) is 29.9 Å². The minimum absolute atomic E-state index is 0.135.